The van der Waals surface area contributed by atoms with Crippen LogP contribution in [-0.2, 0) is 6.54 Å². The van der Waals surface area contributed by atoms with Gasteiger partial charge in [-0.25, -0.2) is 9.98 Å². The molecule has 0 aromatic carbocycles. The number of aromatic amines is 1. The SMILES string of the molecule is CCNC(=NCc1nc(-c2ccco2)n[nH]1)N1CCSC(C)(C)C1. The molecule has 24 heavy (non-hydrogen) atoms. The van der Waals surface area contributed by atoms with E-state index in [-0.39, 0.29) is 4.75 Å². The first kappa shape index (κ1) is 16.9. The van der Waals surface area contributed by atoms with E-state index < -0.39 is 0 Å². The van der Waals surface area contributed by atoms with Crippen molar-refractivity contribution in [1.29, 1.82) is 0 Å². The topological polar surface area (TPSA) is 82.3 Å². The van der Waals surface area contributed by atoms with Gasteiger partial charge in [-0.15, -0.1) is 5.10 Å². The number of hydrogen-bond donors (Lipinski definition) is 2. The number of thioether (sulfide) groups is 1. The van der Waals surface area contributed by atoms with E-state index in [9.17, 15) is 0 Å². The van der Waals surface area contributed by atoms with Crippen LogP contribution < -0.4 is 5.32 Å². The number of aliphatic imine (C=N–C) groups is 1. The van der Waals surface area contributed by atoms with Crippen LogP contribution in [0, 0.1) is 0 Å². The third-order valence-electron chi connectivity index (χ3n) is 3.71. The molecule has 0 saturated carbocycles. The van der Waals surface area contributed by atoms with Gasteiger partial charge in [0.2, 0.25) is 5.82 Å². The lowest BCUT2D eigenvalue weighted by Crippen LogP contribution is -2.50. The molecule has 1 fully saturated rings. The highest BCUT2D eigenvalue weighted by atomic mass is 32.2. The van der Waals surface area contributed by atoms with E-state index in [4.69, 9.17) is 9.41 Å². The summed E-state index contributed by atoms with van der Waals surface area (Å²) >= 11 is 2.01. The van der Waals surface area contributed by atoms with E-state index in [1.165, 1.54) is 0 Å². The van der Waals surface area contributed by atoms with Crippen molar-refractivity contribution in [2.24, 2.45) is 4.99 Å². The first-order valence-electron chi connectivity index (χ1n) is 8.20. The van der Waals surface area contributed by atoms with Gasteiger partial charge in [0.15, 0.2) is 11.7 Å². The Morgan fingerprint density at radius 3 is 3.12 bits per heavy atom. The van der Waals surface area contributed by atoms with E-state index in [0.717, 1.165) is 37.2 Å². The predicted molar refractivity (Wildman–Crippen MR) is 97.0 cm³/mol. The highest BCUT2D eigenvalue weighted by molar-refractivity contribution is 8.00. The monoisotopic (exact) mass is 348 g/mol. The second kappa shape index (κ2) is 7.29. The highest BCUT2D eigenvalue weighted by Crippen LogP contribution is 2.29. The van der Waals surface area contributed by atoms with Gasteiger partial charge in [-0.2, -0.15) is 11.8 Å². The fraction of sp³-hybridized carbons (Fsp3) is 0.562. The van der Waals surface area contributed by atoms with Gasteiger partial charge in [-0.1, -0.05) is 0 Å². The third kappa shape index (κ3) is 4.11. The Kier molecular flexibility index (Phi) is 5.13. The minimum Gasteiger partial charge on any atom is -0.461 e. The summed E-state index contributed by atoms with van der Waals surface area (Å²) in [6.45, 7) is 9.93. The standard InChI is InChI=1S/C16H24N6OS/c1-4-17-15(22-7-9-24-16(2,3)11-22)18-10-13-19-14(21-20-13)12-6-5-8-23-12/h5-6,8H,4,7,9-11H2,1-3H3,(H,17,18)(H,19,20,21). The summed E-state index contributed by atoms with van der Waals surface area (Å²) in [5, 5.41) is 10.5. The summed E-state index contributed by atoms with van der Waals surface area (Å²) in [6.07, 6.45) is 1.61. The number of furan rings is 1. The van der Waals surface area contributed by atoms with Crippen LogP contribution >= 0.6 is 11.8 Å². The fourth-order valence-corrected chi connectivity index (χ4v) is 3.77. The molecule has 8 heteroatoms. The van der Waals surface area contributed by atoms with Gasteiger partial charge < -0.3 is 14.6 Å². The predicted octanol–water partition coefficient (Wildman–Crippen LogP) is 2.36. The lowest BCUT2D eigenvalue weighted by molar-refractivity contribution is 0.375. The van der Waals surface area contributed by atoms with Crippen molar-refractivity contribution in [2.75, 3.05) is 25.4 Å². The number of guanidine groups is 1. The Bertz CT molecular complexity index is 679. The molecule has 1 aliphatic heterocycles. The molecular formula is C16H24N6OS. The first-order chi connectivity index (χ1) is 11.6. The van der Waals surface area contributed by atoms with Gasteiger partial charge in [0, 0.05) is 30.1 Å². The van der Waals surface area contributed by atoms with Crippen LogP contribution in [0.4, 0.5) is 0 Å². The second-order valence-electron chi connectivity index (χ2n) is 6.28. The molecule has 7 nitrogen and oxygen atoms in total. The van der Waals surface area contributed by atoms with E-state index in [2.05, 4.69) is 46.2 Å². The molecule has 0 amide bonds. The summed E-state index contributed by atoms with van der Waals surface area (Å²) in [7, 11) is 0. The van der Waals surface area contributed by atoms with E-state index in [1.807, 2.05) is 23.9 Å². The highest BCUT2D eigenvalue weighted by Gasteiger charge is 2.28. The number of nitrogens with zero attached hydrogens (tertiary/aromatic N) is 4. The van der Waals surface area contributed by atoms with Crippen molar-refractivity contribution in [3.05, 3.63) is 24.2 Å². The summed E-state index contributed by atoms with van der Waals surface area (Å²) < 4.78 is 5.55. The number of rotatable bonds is 4. The Morgan fingerprint density at radius 1 is 1.54 bits per heavy atom. The van der Waals surface area contributed by atoms with E-state index in [1.54, 1.807) is 6.26 Å². The van der Waals surface area contributed by atoms with Gasteiger partial charge in [0.05, 0.1) is 6.26 Å². The van der Waals surface area contributed by atoms with Crippen molar-refractivity contribution >= 4 is 17.7 Å². The summed E-state index contributed by atoms with van der Waals surface area (Å²) in [4.78, 5) is 11.5. The van der Waals surface area contributed by atoms with Gasteiger partial charge in [-0.3, -0.25) is 5.10 Å². The number of nitrogens with one attached hydrogen (secondary N) is 2. The van der Waals surface area contributed by atoms with Crippen molar-refractivity contribution in [1.82, 2.24) is 25.4 Å². The molecular weight excluding hydrogens is 324 g/mol. The molecule has 0 spiro atoms. The molecule has 0 bridgehead atoms. The molecule has 3 heterocycles. The zero-order valence-electron chi connectivity index (χ0n) is 14.4. The molecule has 0 atom stereocenters. The average molecular weight is 348 g/mol. The molecule has 130 valence electrons. The van der Waals surface area contributed by atoms with Gasteiger partial charge in [0.1, 0.15) is 12.4 Å². The zero-order valence-corrected chi connectivity index (χ0v) is 15.2. The van der Waals surface area contributed by atoms with Gasteiger partial charge >= 0.3 is 0 Å². The molecule has 1 saturated heterocycles. The molecule has 0 aliphatic carbocycles. The minimum atomic E-state index is 0.243. The zero-order chi connectivity index (χ0) is 17.0. The van der Waals surface area contributed by atoms with Crippen molar-refractivity contribution in [2.45, 2.75) is 32.1 Å². The minimum absolute atomic E-state index is 0.243. The number of aromatic nitrogens is 3. The molecule has 0 radical (unpaired) electrons. The van der Waals surface area contributed by atoms with Crippen molar-refractivity contribution in [3.63, 3.8) is 0 Å². The Balaban J connectivity index is 1.70. The smallest absolute Gasteiger partial charge is 0.216 e. The molecule has 2 aromatic rings. The van der Waals surface area contributed by atoms with Crippen LogP contribution in [0.3, 0.4) is 0 Å². The maximum absolute atomic E-state index is 5.31. The molecule has 2 N–H and O–H groups in total. The largest absolute Gasteiger partial charge is 0.461 e. The number of hydrogen-bond acceptors (Lipinski definition) is 5. The van der Waals surface area contributed by atoms with E-state index >= 15 is 0 Å². The summed E-state index contributed by atoms with van der Waals surface area (Å²) in [6, 6.07) is 3.66. The van der Waals surface area contributed by atoms with Crippen LogP contribution in [0.2, 0.25) is 0 Å². The van der Waals surface area contributed by atoms with Crippen LogP contribution in [0.1, 0.15) is 26.6 Å². The maximum atomic E-state index is 5.31. The first-order valence-corrected chi connectivity index (χ1v) is 9.18. The Morgan fingerprint density at radius 2 is 2.42 bits per heavy atom. The molecule has 2 aromatic heterocycles. The summed E-state index contributed by atoms with van der Waals surface area (Å²) in [5.41, 5.74) is 0. The normalized spacial score (nSPS) is 18.0. The van der Waals surface area contributed by atoms with Crippen LogP contribution in [0.5, 0.6) is 0 Å². The average Bonchev–Trinajstić information content (AvgIpc) is 3.21. The van der Waals surface area contributed by atoms with Crippen LogP contribution in [0.25, 0.3) is 11.6 Å². The lowest BCUT2D eigenvalue weighted by atomic mass is 10.2. The fourth-order valence-electron chi connectivity index (χ4n) is 2.65. The number of H-pyrrole nitrogens is 1. The Hall–Kier alpha value is -1.96. The van der Waals surface area contributed by atoms with Crippen LogP contribution in [-0.4, -0.2) is 56.2 Å². The van der Waals surface area contributed by atoms with Gasteiger partial charge in [0.25, 0.3) is 0 Å². The van der Waals surface area contributed by atoms with Crippen LogP contribution in [0.15, 0.2) is 27.8 Å². The second-order valence-corrected chi connectivity index (χ2v) is 8.08. The lowest BCUT2D eigenvalue weighted by Gasteiger charge is -2.39. The van der Waals surface area contributed by atoms with E-state index in [0.29, 0.717) is 18.1 Å². The molecule has 1 aliphatic rings. The van der Waals surface area contributed by atoms with Crippen molar-refractivity contribution < 1.29 is 4.42 Å². The van der Waals surface area contributed by atoms with Gasteiger partial charge in [-0.05, 0) is 32.9 Å². The molecule has 3 rings (SSSR count). The van der Waals surface area contributed by atoms with Crippen molar-refractivity contribution in [3.8, 4) is 11.6 Å². The third-order valence-corrected chi connectivity index (χ3v) is 5.01. The quantitative estimate of drug-likeness (QED) is 0.652. The maximum Gasteiger partial charge on any atom is 0.216 e. The molecule has 0 unspecified atom stereocenters. The Labute approximate surface area is 146 Å². The summed E-state index contributed by atoms with van der Waals surface area (Å²) in [5.74, 6) is 3.99.